The minimum Gasteiger partial charge on any atom is -0.348 e. The van der Waals surface area contributed by atoms with E-state index in [9.17, 15) is 9.59 Å². The molecular formula is C21H36N4O4. The van der Waals surface area contributed by atoms with E-state index in [4.69, 9.17) is 9.47 Å². The molecule has 29 heavy (non-hydrogen) atoms. The Balaban J connectivity index is 1.41. The Kier molecular flexibility index (Phi) is 6.16. The highest BCUT2D eigenvalue weighted by Gasteiger charge is 2.50. The third-order valence-electron chi connectivity index (χ3n) is 6.97. The maximum atomic E-state index is 13.4. The second-order valence-corrected chi connectivity index (χ2v) is 9.52. The maximum absolute atomic E-state index is 13.4. The standard InChI is InChI=1S/C21H36N4O4/c1-23(2)9-8-22-20(27)25(17-4-5-17)19(26)16-12-15-13-21(28-10-11-29-21)7-6-18(15)24(3)14-16/h15-18H,4-14H2,1-3H3,(H,22,27)/t15-,16-,18-/m1/s1. The molecule has 2 aliphatic heterocycles. The normalized spacial score (nSPS) is 31.7. The number of rotatable bonds is 5. The Morgan fingerprint density at radius 2 is 1.90 bits per heavy atom. The first-order valence-electron chi connectivity index (χ1n) is 11.1. The van der Waals surface area contributed by atoms with Gasteiger partial charge in [-0.2, -0.15) is 0 Å². The first-order valence-corrected chi connectivity index (χ1v) is 11.1. The first kappa shape index (κ1) is 21.0. The number of hydrogen-bond donors (Lipinski definition) is 1. The van der Waals surface area contributed by atoms with Crippen molar-refractivity contribution in [1.29, 1.82) is 0 Å². The van der Waals surface area contributed by atoms with Crippen LogP contribution in [0.1, 0.15) is 38.5 Å². The van der Waals surface area contributed by atoms with Crippen LogP contribution in [0.2, 0.25) is 0 Å². The molecule has 4 aliphatic rings. The summed E-state index contributed by atoms with van der Waals surface area (Å²) >= 11 is 0. The van der Waals surface area contributed by atoms with Crippen LogP contribution < -0.4 is 5.32 Å². The summed E-state index contributed by atoms with van der Waals surface area (Å²) in [4.78, 5) is 32.1. The average Bonchev–Trinajstić information content (AvgIpc) is 3.40. The third kappa shape index (κ3) is 4.60. The summed E-state index contributed by atoms with van der Waals surface area (Å²) in [7, 11) is 6.06. The van der Waals surface area contributed by atoms with Gasteiger partial charge in [-0.3, -0.25) is 9.69 Å². The second-order valence-electron chi connectivity index (χ2n) is 9.52. The molecule has 4 fully saturated rings. The van der Waals surface area contributed by atoms with Crippen LogP contribution in [-0.4, -0.2) is 98.5 Å². The van der Waals surface area contributed by atoms with Gasteiger partial charge in [0, 0.05) is 44.6 Å². The Hall–Kier alpha value is -1.22. The fourth-order valence-electron chi connectivity index (χ4n) is 5.37. The van der Waals surface area contributed by atoms with Crippen LogP contribution in [0.4, 0.5) is 4.79 Å². The number of amides is 3. The Morgan fingerprint density at radius 1 is 1.17 bits per heavy atom. The first-order chi connectivity index (χ1) is 13.9. The number of ether oxygens (including phenoxy) is 2. The van der Waals surface area contributed by atoms with Gasteiger partial charge >= 0.3 is 6.03 Å². The number of likely N-dealkylation sites (tertiary alicyclic amines) is 1. The highest BCUT2D eigenvalue weighted by molar-refractivity contribution is 5.96. The van der Waals surface area contributed by atoms with E-state index in [1.165, 1.54) is 4.90 Å². The second kappa shape index (κ2) is 8.49. The summed E-state index contributed by atoms with van der Waals surface area (Å²) in [5, 5.41) is 2.93. The van der Waals surface area contributed by atoms with Gasteiger partial charge in [0.2, 0.25) is 5.91 Å². The molecule has 1 N–H and O–H groups in total. The predicted molar refractivity (Wildman–Crippen MR) is 108 cm³/mol. The van der Waals surface area contributed by atoms with Crippen LogP contribution in [-0.2, 0) is 14.3 Å². The number of urea groups is 1. The topological polar surface area (TPSA) is 74.4 Å². The van der Waals surface area contributed by atoms with Crippen LogP contribution in [0.15, 0.2) is 0 Å². The molecule has 0 aromatic rings. The van der Waals surface area contributed by atoms with Crippen molar-refractivity contribution in [2.75, 3.05) is 54.0 Å². The van der Waals surface area contributed by atoms with Gasteiger partial charge in [-0.15, -0.1) is 0 Å². The van der Waals surface area contributed by atoms with E-state index in [2.05, 4.69) is 17.3 Å². The van der Waals surface area contributed by atoms with E-state index in [1.54, 1.807) is 0 Å². The number of piperidine rings is 1. The highest BCUT2D eigenvalue weighted by atomic mass is 16.7. The molecule has 8 nitrogen and oxygen atoms in total. The van der Waals surface area contributed by atoms with Crippen molar-refractivity contribution in [2.24, 2.45) is 11.8 Å². The maximum Gasteiger partial charge on any atom is 0.324 e. The molecular weight excluding hydrogens is 372 g/mol. The Labute approximate surface area is 173 Å². The molecule has 0 radical (unpaired) electrons. The molecule has 3 amide bonds. The van der Waals surface area contributed by atoms with E-state index in [-0.39, 0.29) is 23.9 Å². The molecule has 0 aromatic carbocycles. The molecule has 2 saturated carbocycles. The molecule has 0 bridgehead atoms. The van der Waals surface area contributed by atoms with Crippen molar-refractivity contribution in [3.63, 3.8) is 0 Å². The van der Waals surface area contributed by atoms with Gasteiger partial charge in [0.25, 0.3) is 0 Å². The van der Waals surface area contributed by atoms with E-state index < -0.39 is 5.79 Å². The predicted octanol–water partition coefficient (Wildman–Crippen LogP) is 1.11. The summed E-state index contributed by atoms with van der Waals surface area (Å²) < 4.78 is 11.9. The lowest BCUT2D eigenvalue weighted by atomic mass is 9.72. The smallest absolute Gasteiger partial charge is 0.324 e. The number of nitrogens with zero attached hydrogens (tertiary/aromatic N) is 3. The lowest BCUT2D eigenvalue weighted by Gasteiger charge is -2.49. The van der Waals surface area contributed by atoms with E-state index in [1.807, 2.05) is 19.0 Å². The third-order valence-corrected chi connectivity index (χ3v) is 6.97. The van der Waals surface area contributed by atoms with Crippen LogP contribution in [0.5, 0.6) is 0 Å². The summed E-state index contributed by atoms with van der Waals surface area (Å²) in [6.07, 6.45) is 5.48. The van der Waals surface area contributed by atoms with Crippen molar-refractivity contribution in [2.45, 2.75) is 56.4 Å². The van der Waals surface area contributed by atoms with E-state index in [0.717, 1.165) is 51.6 Å². The van der Waals surface area contributed by atoms with Crippen molar-refractivity contribution in [3.05, 3.63) is 0 Å². The fourth-order valence-corrected chi connectivity index (χ4v) is 5.37. The highest BCUT2D eigenvalue weighted by Crippen LogP contribution is 2.45. The summed E-state index contributed by atoms with van der Waals surface area (Å²) in [5.41, 5.74) is 0. The monoisotopic (exact) mass is 408 g/mol. The number of carbonyl (C=O) groups excluding carboxylic acids is 2. The van der Waals surface area contributed by atoms with Gasteiger partial charge in [0.15, 0.2) is 5.79 Å². The summed E-state index contributed by atoms with van der Waals surface area (Å²) in [5.74, 6) is -0.217. The molecule has 1 spiro atoms. The zero-order chi connectivity index (χ0) is 20.6. The van der Waals surface area contributed by atoms with Gasteiger partial charge < -0.3 is 24.6 Å². The zero-order valence-electron chi connectivity index (χ0n) is 18.1. The van der Waals surface area contributed by atoms with Crippen molar-refractivity contribution >= 4 is 11.9 Å². The molecule has 0 unspecified atom stereocenters. The number of imide groups is 1. The van der Waals surface area contributed by atoms with Crippen LogP contribution in [0.3, 0.4) is 0 Å². The van der Waals surface area contributed by atoms with Crippen LogP contribution in [0, 0.1) is 11.8 Å². The zero-order valence-corrected chi connectivity index (χ0v) is 18.1. The van der Waals surface area contributed by atoms with Gasteiger partial charge in [0.1, 0.15) is 0 Å². The molecule has 2 aliphatic carbocycles. The lowest BCUT2D eigenvalue weighted by molar-refractivity contribution is -0.202. The number of carbonyl (C=O) groups is 2. The number of hydrogen-bond acceptors (Lipinski definition) is 6. The molecule has 8 heteroatoms. The van der Waals surface area contributed by atoms with Gasteiger partial charge in [-0.25, -0.2) is 4.79 Å². The van der Waals surface area contributed by atoms with E-state index >= 15 is 0 Å². The van der Waals surface area contributed by atoms with Crippen molar-refractivity contribution in [1.82, 2.24) is 20.0 Å². The molecule has 0 aromatic heterocycles. The number of fused-ring (bicyclic) bond motifs is 1. The molecule has 2 heterocycles. The van der Waals surface area contributed by atoms with E-state index in [0.29, 0.717) is 31.7 Å². The van der Waals surface area contributed by atoms with Crippen molar-refractivity contribution < 1.29 is 19.1 Å². The minimum atomic E-state index is -0.438. The number of likely N-dealkylation sites (N-methyl/N-ethyl adjacent to an activating group) is 1. The molecule has 4 rings (SSSR count). The van der Waals surface area contributed by atoms with Gasteiger partial charge in [-0.1, -0.05) is 0 Å². The van der Waals surface area contributed by atoms with Crippen LogP contribution >= 0.6 is 0 Å². The fraction of sp³-hybridized carbons (Fsp3) is 0.905. The lowest BCUT2D eigenvalue weighted by Crippen LogP contribution is -2.57. The quantitative estimate of drug-likeness (QED) is 0.735. The molecule has 2 saturated heterocycles. The number of nitrogens with one attached hydrogen (secondary N) is 1. The summed E-state index contributed by atoms with van der Waals surface area (Å²) in [6.45, 7) is 3.37. The Bertz CT molecular complexity index is 618. The van der Waals surface area contributed by atoms with Crippen LogP contribution in [0.25, 0.3) is 0 Å². The molecule has 164 valence electrons. The largest absolute Gasteiger partial charge is 0.348 e. The van der Waals surface area contributed by atoms with Gasteiger partial charge in [0.05, 0.1) is 19.1 Å². The van der Waals surface area contributed by atoms with Gasteiger partial charge in [-0.05, 0) is 52.7 Å². The average molecular weight is 409 g/mol. The Morgan fingerprint density at radius 3 is 2.55 bits per heavy atom. The molecule has 3 atom stereocenters. The summed E-state index contributed by atoms with van der Waals surface area (Å²) in [6, 6.07) is 0.316. The van der Waals surface area contributed by atoms with Crippen molar-refractivity contribution in [3.8, 4) is 0 Å². The minimum absolute atomic E-state index is 0.00645. The SMILES string of the molecule is CN(C)CCNC(=O)N(C(=O)[C@@H]1C[C@@H]2CC3(CC[C@H]2N(C)C1)OCCO3)C1CC1.